The van der Waals surface area contributed by atoms with E-state index in [1.807, 2.05) is 24.3 Å². The first-order valence-electron chi connectivity index (χ1n) is 7.04. The van der Waals surface area contributed by atoms with Gasteiger partial charge < -0.3 is 10.1 Å². The van der Waals surface area contributed by atoms with Crippen LogP contribution in [0, 0.1) is 0 Å². The normalized spacial score (nSPS) is 15.1. The fraction of sp³-hybridized carbons (Fsp3) is 0.312. The quantitative estimate of drug-likeness (QED) is 0.863. The summed E-state index contributed by atoms with van der Waals surface area (Å²) in [6.45, 7) is 0. The number of rotatable bonds is 4. The predicted octanol–water partition coefficient (Wildman–Crippen LogP) is 4.98. The van der Waals surface area contributed by atoms with E-state index in [0.29, 0.717) is 15.3 Å². The molecule has 0 radical (unpaired) electrons. The molecule has 0 atom stereocenters. The van der Waals surface area contributed by atoms with Gasteiger partial charge in [-0.25, -0.2) is 0 Å². The second kappa shape index (κ2) is 6.50. The summed E-state index contributed by atoms with van der Waals surface area (Å²) < 4.78 is 6.51. The van der Waals surface area contributed by atoms with Gasteiger partial charge in [0.15, 0.2) is 0 Å². The Morgan fingerprint density at radius 3 is 2.48 bits per heavy atom. The highest BCUT2D eigenvalue weighted by molar-refractivity contribution is 7.18. The number of ether oxygens (including phenoxy) is 1. The molecular weight excluding hydrogens is 306 g/mol. The van der Waals surface area contributed by atoms with Crippen molar-refractivity contribution in [3.8, 4) is 5.75 Å². The molecule has 0 aliphatic heterocycles. The van der Waals surface area contributed by atoms with Gasteiger partial charge in [-0.3, -0.25) is 4.79 Å². The fourth-order valence-corrected chi connectivity index (χ4v) is 3.38. The minimum Gasteiger partial charge on any atom is -0.490 e. The van der Waals surface area contributed by atoms with Crippen LogP contribution in [0.25, 0.3) is 0 Å². The average Bonchev–Trinajstić information content (AvgIpc) is 3.12. The predicted molar refractivity (Wildman–Crippen MR) is 86.6 cm³/mol. The minimum atomic E-state index is -0.142. The molecule has 0 bridgehead atoms. The highest BCUT2D eigenvalue weighted by Gasteiger charge is 2.16. The van der Waals surface area contributed by atoms with Gasteiger partial charge in [0, 0.05) is 5.69 Å². The molecule has 1 aliphatic carbocycles. The molecular formula is C16H16ClNO2S. The molecule has 1 aliphatic rings. The first-order chi connectivity index (χ1) is 10.2. The topological polar surface area (TPSA) is 38.3 Å². The second-order valence-electron chi connectivity index (χ2n) is 5.11. The summed E-state index contributed by atoms with van der Waals surface area (Å²) >= 11 is 7.10. The van der Waals surface area contributed by atoms with Gasteiger partial charge in [0.25, 0.3) is 5.91 Å². The zero-order chi connectivity index (χ0) is 14.7. The molecule has 1 saturated carbocycles. The summed E-state index contributed by atoms with van der Waals surface area (Å²) in [5, 5.41) is 2.85. The van der Waals surface area contributed by atoms with Crippen molar-refractivity contribution in [1.29, 1.82) is 0 Å². The number of benzene rings is 1. The van der Waals surface area contributed by atoms with E-state index in [4.69, 9.17) is 16.3 Å². The molecule has 110 valence electrons. The molecule has 3 rings (SSSR count). The number of amides is 1. The smallest absolute Gasteiger partial charge is 0.265 e. The van der Waals surface area contributed by atoms with E-state index in [1.165, 1.54) is 24.2 Å². The van der Waals surface area contributed by atoms with Crippen LogP contribution in [-0.4, -0.2) is 12.0 Å². The first kappa shape index (κ1) is 14.4. The van der Waals surface area contributed by atoms with Gasteiger partial charge in [-0.15, -0.1) is 11.3 Å². The summed E-state index contributed by atoms with van der Waals surface area (Å²) in [6, 6.07) is 11.0. The number of thiophene rings is 1. The van der Waals surface area contributed by atoms with Gasteiger partial charge in [0.1, 0.15) is 5.75 Å². The molecule has 21 heavy (non-hydrogen) atoms. The van der Waals surface area contributed by atoms with E-state index in [9.17, 15) is 4.79 Å². The Bertz CT molecular complexity index is 617. The van der Waals surface area contributed by atoms with Crippen molar-refractivity contribution in [2.45, 2.75) is 31.8 Å². The fourth-order valence-electron chi connectivity index (χ4n) is 2.44. The lowest BCUT2D eigenvalue weighted by molar-refractivity contribution is 0.103. The van der Waals surface area contributed by atoms with Gasteiger partial charge in [0.05, 0.1) is 15.3 Å². The van der Waals surface area contributed by atoms with Crippen LogP contribution in [0.2, 0.25) is 4.34 Å². The SMILES string of the molecule is O=C(Nc1ccc(OC2CCCC2)cc1)c1ccc(Cl)s1. The zero-order valence-corrected chi connectivity index (χ0v) is 13.0. The van der Waals surface area contributed by atoms with Crippen LogP contribution in [0.3, 0.4) is 0 Å². The first-order valence-corrected chi connectivity index (χ1v) is 8.23. The molecule has 0 spiro atoms. The number of halogens is 1. The monoisotopic (exact) mass is 321 g/mol. The van der Waals surface area contributed by atoms with Crippen molar-refractivity contribution in [1.82, 2.24) is 0 Å². The molecule has 0 saturated heterocycles. The van der Waals surface area contributed by atoms with E-state index < -0.39 is 0 Å². The highest BCUT2D eigenvalue weighted by atomic mass is 35.5. The van der Waals surface area contributed by atoms with Crippen LogP contribution < -0.4 is 10.1 Å². The number of hydrogen-bond acceptors (Lipinski definition) is 3. The lowest BCUT2D eigenvalue weighted by Crippen LogP contribution is -2.11. The van der Waals surface area contributed by atoms with Gasteiger partial charge in [-0.1, -0.05) is 11.6 Å². The van der Waals surface area contributed by atoms with Crippen LogP contribution in [0.1, 0.15) is 35.4 Å². The van der Waals surface area contributed by atoms with Gasteiger partial charge >= 0.3 is 0 Å². The maximum absolute atomic E-state index is 12.0. The number of anilines is 1. The Hall–Kier alpha value is -1.52. The number of carbonyl (C=O) groups excluding carboxylic acids is 1. The Morgan fingerprint density at radius 1 is 1.14 bits per heavy atom. The molecule has 2 aromatic rings. The van der Waals surface area contributed by atoms with Crippen LogP contribution in [0.5, 0.6) is 5.75 Å². The van der Waals surface area contributed by atoms with Crippen molar-refractivity contribution in [3.63, 3.8) is 0 Å². The third kappa shape index (κ3) is 3.77. The van der Waals surface area contributed by atoms with E-state index >= 15 is 0 Å². The summed E-state index contributed by atoms with van der Waals surface area (Å²) in [5.41, 5.74) is 0.753. The van der Waals surface area contributed by atoms with Crippen LogP contribution in [0.15, 0.2) is 36.4 Å². The highest BCUT2D eigenvalue weighted by Crippen LogP contribution is 2.26. The Morgan fingerprint density at radius 2 is 1.86 bits per heavy atom. The molecule has 0 unspecified atom stereocenters. The Balaban J connectivity index is 1.60. The van der Waals surface area contributed by atoms with Crippen LogP contribution in [0.4, 0.5) is 5.69 Å². The minimum absolute atomic E-state index is 0.142. The number of nitrogens with one attached hydrogen (secondary N) is 1. The van der Waals surface area contributed by atoms with E-state index in [1.54, 1.807) is 12.1 Å². The van der Waals surface area contributed by atoms with Crippen molar-refractivity contribution in [2.75, 3.05) is 5.32 Å². The third-order valence-electron chi connectivity index (χ3n) is 3.51. The molecule has 1 N–H and O–H groups in total. The number of carbonyl (C=O) groups is 1. The average molecular weight is 322 g/mol. The molecule has 1 fully saturated rings. The maximum atomic E-state index is 12.0. The van der Waals surface area contributed by atoms with Gasteiger partial charge in [-0.2, -0.15) is 0 Å². The van der Waals surface area contributed by atoms with Gasteiger partial charge in [-0.05, 0) is 62.1 Å². The zero-order valence-electron chi connectivity index (χ0n) is 11.5. The van der Waals surface area contributed by atoms with Crippen LogP contribution >= 0.6 is 22.9 Å². The molecule has 1 heterocycles. The number of hydrogen-bond donors (Lipinski definition) is 1. The maximum Gasteiger partial charge on any atom is 0.265 e. The van der Waals surface area contributed by atoms with E-state index in [0.717, 1.165) is 24.3 Å². The molecule has 5 heteroatoms. The summed E-state index contributed by atoms with van der Waals surface area (Å²) in [4.78, 5) is 12.6. The van der Waals surface area contributed by atoms with E-state index in [2.05, 4.69) is 5.32 Å². The second-order valence-corrected chi connectivity index (χ2v) is 6.82. The lowest BCUT2D eigenvalue weighted by atomic mass is 10.2. The van der Waals surface area contributed by atoms with Crippen molar-refractivity contribution in [3.05, 3.63) is 45.6 Å². The largest absolute Gasteiger partial charge is 0.490 e. The van der Waals surface area contributed by atoms with Crippen molar-refractivity contribution >= 4 is 34.5 Å². The van der Waals surface area contributed by atoms with Crippen molar-refractivity contribution < 1.29 is 9.53 Å². The molecule has 3 nitrogen and oxygen atoms in total. The Labute approximate surface area is 132 Å². The third-order valence-corrected chi connectivity index (χ3v) is 4.74. The molecule has 1 amide bonds. The molecule has 1 aromatic carbocycles. The standard InChI is InChI=1S/C16H16ClNO2S/c17-15-10-9-14(21-15)16(19)18-11-5-7-13(8-6-11)20-12-3-1-2-4-12/h5-10,12H,1-4H2,(H,18,19). The molecule has 1 aromatic heterocycles. The van der Waals surface area contributed by atoms with E-state index in [-0.39, 0.29) is 5.91 Å². The van der Waals surface area contributed by atoms with Crippen molar-refractivity contribution in [2.24, 2.45) is 0 Å². The van der Waals surface area contributed by atoms with Gasteiger partial charge in [0.2, 0.25) is 0 Å². The lowest BCUT2D eigenvalue weighted by Gasteiger charge is -2.13. The summed E-state index contributed by atoms with van der Waals surface area (Å²) in [7, 11) is 0. The summed E-state index contributed by atoms with van der Waals surface area (Å²) in [6.07, 6.45) is 5.12. The summed E-state index contributed by atoms with van der Waals surface area (Å²) in [5.74, 6) is 0.718. The van der Waals surface area contributed by atoms with Crippen LogP contribution in [-0.2, 0) is 0 Å². The Kier molecular flexibility index (Phi) is 4.46.